The highest BCUT2D eigenvalue weighted by molar-refractivity contribution is 9.11. The van der Waals surface area contributed by atoms with E-state index in [9.17, 15) is 0 Å². The van der Waals surface area contributed by atoms with Gasteiger partial charge < -0.3 is 9.47 Å². The van der Waals surface area contributed by atoms with Gasteiger partial charge in [-0.1, -0.05) is 0 Å². The summed E-state index contributed by atoms with van der Waals surface area (Å²) in [4.78, 5) is 4.42. The van der Waals surface area contributed by atoms with Gasteiger partial charge in [0.1, 0.15) is 11.5 Å². The van der Waals surface area contributed by atoms with Gasteiger partial charge >= 0.3 is 0 Å². The van der Waals surface area contributed by atoms with Gasteiger partial charge in [-0.3, -0.25) is 0 Å². The molecule has 0 aliphatic heterocycles. The number of hydrogen-bond acceptors (Lipinski definition) is 4. The predicted octanol–water partition coefficient (Wildman–Crippen LogP) is 3.90. The van der Waals surface area contributed by atoms with E-state index in [1.807, 2.05) is 24.4 Å². The summed E-state index contributed by atoms with van der Waals surface area (Å²) in [5, 5.41) is 2.00. The molecule has 0 spiro atoms. The second-order valence-electron chi connectivity index (χ2n) is 3.51. The first kappa shape index (κ1) is 12.4. The lowest BCUT2D eigenvalue weighted by molar-refractivity contribution is 0.395. The van der Waals surface area contributed by atoms with Crippen molar-refractivity contribution in [1.29, 1.82) is 0 Å². The van der Waals surface area contributed by atoms with Crippen LogP contribution in [0, 0.1) is 6.92 Å². The van der Waals surface area contributed by atoms with Crippen molar-refractivity contribution in [3.63, 3.8) is 0 Å². The molecule has 0 unspecified atom stereocenters. The van der Waals surface area contributed by atoms with Crippen molar-refractivity contribution in [2.24, 2.45) is 0 Å². The zero-order valence-corrected chi connectivity index (χ0v) is 12.2. The molecular formula is C12H12BrNO2S. The maximum absolute atomic E-state index is 5.40. The molecular weight excluding hydrogens is 302 g/mol. The third-order valence-electron chi connectivity index (χ3n) is 2.46. The summed E-state index contributed by atoms with van der Waals surface area (Å²) >= 11 is 4.93. The van der Waals surface area contributed by atoms with Crippen LogP contribution in [0.1, 0.15) is 5.56 Å². The van der Waals surface area contributed by atoms with Gasteiger partial charge in [0, 0.05) is 17.0 Å². The van der Waals surface area contributed by atoms with Gasteiger partial charge in [0.05, 0.1) is 19.9 Å². The Morgan fingerprint density at radius 1 is 1.24 bits per heavy atom. The van der Waals surface area contributed by atoms with Gasteiger partial charge in [-0.2, -0.15) is 0 Å². The largest absolute Gasteiger partial charge is 0.497 e. The van der Waals surface area contributed by atoms with Crippen LogP contribution >= 0.6 is 27.3 Å². The molecule has 0 fully saturated rings. The predicted molar refractivity (Wildman–Crippen MR) is 73.1 cm³/mol. The molecule has 0 aliphatic rings. The Labute approximate surface area is 113 Å². The molecule has 3 nitrogen and oxygen atoms in total. The highest BCUT2D eigenvalue weighted by Crippen LogP contribution is 2.37. The van der Waals surface area contributed by atoms with Crippen LogP contribution in [0.5, 0.6) is 11.5 Å². The third-order valence-corrected chi connectivity index (χ3v) is 3.83. The van der Waals surface area contributed by atoms with E-state index in [-0.39, 0.29) is 0 Å². The fraction of sp³-hybridized carbons (Fsp3) is 0.250. The SMILES string of the molecule is COc1cc(C)c(-c2csc(Br)n2)c(OC)c1. The normalized spacial score (nSPS) is 10.4. The number of ether oxygens (including phenoxy) is 2. The zero-order valence-electron chi connectivity index (χ0n) is 9.78. The summed E-state index contributed by atoms with van der Waals surface area (Å²) in [5.74, 6) is 1.57. The van der Waals surface area contributed by atoms with E-state index >= 15 is 0 Å². The lowest BCUT2D eigenvalue weighted by atomic mass is 10.0. The topological polar surface area (TPSA) is 31.4 Å². The average molecular weight is 314 g/mol. The van der Waals surface area contributed by atoms with Crippen LogP contribution in [-0.2, 0) is 0 Å². The average Bonchev–Trinajstić information content (AvgIpc) is 2.74. The molecule has 90 valence electrons. The second kappa shape index (κ2) is 5.06. The van der Waals surface area contributed by atoms with Crippen LogP contribution in [0.4, 0.5) is 0 Å². The van der Waals surface area contributed by atoms with Crippen molar-refractivity contribution in [3.05, 3.63) is 27.0 Å². The summed E-state index contributed by atoms with van der Waals surface area (Å²) in [6.07, 6.45) is 0. The molecule has 0 saturated carbocycles. The minimum absolute atomic E-state index is 0.777. The molecule has 1 aromatic carbocycles. The summed E-state index contributed by atoms with van der Waals surface area (Å²) in [6.45, 7) is 2.02. The Morgan fingerprint density at radius 2 is 2.00 bits per heavy atom. The van der Waals surface area contributed by atoms with E-state index in [0.717, 1.165) is 32.2 Å². The van der Waals surface area contributed by atoms with E-state index in [2.05, 4.69) is 20.9 Å². The number of rotatable bonds is 3. The van der Waals surface area contributed by atoms with Crippen molar-refractivity contribution >= 4 is 27.3 Å². The van der Waals surface area contributed by atoms with Crippen LogP contribution in [0.3, 0.4) is 0 Å². The van der Waals surface area contributed by atoms with Crippen molar-refractivity contribution in [2.75, 3.05) is 14.2 Å². The van der Waals surface area contributed by atoms with E-state index in [1.165, 1.54) is 0 Å². The van der Waals surface area contributed by atoms with Crippen LogP contribution in [0.25, 0.3) is 11.3 Å². The summed E-state index contributed by atoms with van der Waals surface area (Å²) in [6, 6.07) is 3.85. The van der Waals surface area contributed by atoms with Crippen LogP contribution in [0.15, 0.2) is 21.4 Å². The molecule has 2 rings (SSSR count). The minimum Gasteiger partial charge on any atom is -0.497 e. The van der Waals surface area contributed by atoms with Gasteiger partial charge in [-0.05, 0) is 34.5 Å². The van der Waals surface area contributed by atoms with Gasteiger partial charge in [0.25, 0.3) is 0 Å². The molecule has 1 heterocycles. The summed E-state index contributed by atoms with van der Waals surface area (Å²) in [5.41, 5.74) is 3.01. The molecule has 0 N–H and O–H groups in total. The second-order valence-corrected chi connectivity index (χ2v) is 5.64. The molecule has 0 aliphatic carbocycles. The summed E-state index contributed by atoms with van der Waals surface area (Å²) in [7, 11) is 3.30. The highest BCUT2D eigenvalue weighted by Gasteiger charge is 2.14. The van der Waals surface area contributed by atoms with E-state index < -0.39 is 0 Å². The van der Waals surface area contributed by atoms with Crippen LogP contribution in [-0.4, -0.2) is 19.2 Å². The van der Waals surface area contributed by atoms with Crippen molar-refractivity contribution in [2.45, 2.75) is 6.92 Å². The molecule has 2 aromatic rings. The Hall–Kier alpha value is -1.07. The Kier molecular flexibility index (Phi) is 3.69. The molecule has 0 amide bonds. The molecule has 0 radical (unpaired) electrons. The highest BCUT2D eigenvalue weighted by atomic mass is 79.9. The quantitative estimate of drug-likeness (QED) is 0.861. The van der Waals surface area contributed by atoms with Gasteiger partial charge in [0.2, 0.25) is 0 Å². The first-order chi connectivity index (χ1) is 8.15. The number of nitrogens with zero attached hydrogens (tertiary/aromatic N) is 1. The number of halogens is 1. The zero-order chi connectivity index (χ0) is 12.4. The Balaban J connectivity index is 2.60. The third kappa shape index (κ3) is 2.45. The van der Waals surface area contributed by atoms with Gasteiger partial charge in [0.15, 0.2) is 3.92 Å². The van der Waals surface area contributed by atoms with E-state index in [0.29, 0.717) is 0 Å². The first-order valence-corrected chi connectivity index (χ1v) is 6.67. The minimum atomic E-state index is 0.777. The monoisotopic (exact) mass is 313 g/mol. The Bertz CT molecular complexity index is 539. The number of aryl methyl sites for hydroxylation is 1. The molecule has 0 atom stereocenters. The lowest BCUT2D eigenvalue weighted by Crippen LogP contribution is -1.93. The smallest absolute Gasteiger partial charge is 0.159 e. The van der Waals surface area contributed by atoms with E-state index in [4.69, 9.17) is 9.47 Å². The number of thiazole rings is 1. The number of hydrogen-bond donors (Lipinski definition) is 0. The number of methoxy groups -OCH3 is 2. The Morgan fingerprint density at radius 3 is 2.53 bits per heavy atom. The van der Waals surface area contributed by atoms with E-state index in [1.54, 1.807) is 25.6 Å². The molecule has 0 bridgehead atoms. The molecule has 5 heteroatoms. The van der Waals surface area contributed by atoms with Gasteiger partial charge in [-0.15, -0.1) is 11.3 Å². The van der Waals surface area contributed by atoms with Crippen molar-refractivity contribution in [3.8, 4) is 22.8 Å². The lowest BCUT2D eigenvalue weighted by Gasteiger charge is -2.11. The van der Waals surface area contributed by atoms with Crippen LogP contribution in [0.2, 0.25) is 0 Å². The standard InChI is InChI=1S/C12H12BrNO2S/c1-7-4-8(15-2)5-10(16-3)11(7)9-6-17-12(13)14-9/h4-6H,1-3H3. The molecule has 17 heavy (non-hydrogen) atoms. The van der Waals surface area contributed by atoms with Crippen LogP contribution < -0.4 is 9.47 Å². The van der Waals surface area contributed by atoms with Gasteiger partial charge in [-0.25, -0.2) is 4.98 Å². The first-order valence-electron chi connectivity index (χ1n) is 4.99. The maximum Gasteiger partial charge on any atom is 0.159 e. The van der Waals surface area contributed by atoms with Crippen molar-refractivity contribution in [1.82, 2.24) is 4.98 Å². The summed E-state index contributed by atoms with van der Waals surface area (Å²) < 4.78 is 11.5. The number of aromatic nitrogens is 1. The maximum atomic E-state index is 5.40. The molecule has 0 saturated heterocycles. The number of benzene rings is 1. The fourth-order valence-corrected chi connectivity index (χ4v) is 2.70. The fourth-order valence-electron chi connectivity index (χ4n) is 1.70. The van der Waals surface area contributed by atoms with Crippen molar-refractivity contribution < 1.29 is 9.47 Å². The molecule has 1 aromatic heterocycles.